The predicted molar refractivity (Wildman–Crippen MR) is 125 cm³/mol. The van der Waals surface area contributed by atoms with Gasteiger partial charge in [-0.05, 0) is 13.0 Å². The van der Waals surface area contributed by atoms with Crippen molar-refractivity contribution < 1.29 is 28.6 Å². The Hall–Kier alpha value is -4.11. The third-order valence-electron chi connectivity index (χ3n) is 5.20. The Balaban J connectivity index is 1.90. The van der Waals surface area contributed by atoms with Crippen LogP contribution >= 0.6 is 11.3 Å². The fraction of sp³-hybridized carbons (Fsp3) is 0.120. The summed E-state index contributed by atoms with van der Waals surface area (Å²) >= 11 is 0.841. The Bertz CT molecular complexity index is 1330. The van der Waals surface area contributed by atoms with Crippen LogP contribution in [0.25, 0.3) is 5.76 Å². The van der Waals surface area contributed by atoms with Gasteiger partial charge in [0, 0.05) is 11.1 Å². The largest absolute Gasteiger partial charge is 0.507 e. The number of rotatable bonds is 6. The molecule has 9 heteroatoms. The molecule has 2 heterocycles. The Morgan fingerprint density at radius 3 is 2.56 bits per heavy atom. The molecule has 0 spiro atoms. The second-order valence-corrected chi connectivity index (χ2v) is 8.33. The SMILES string of the molecule is C=CCOC(=O)c1sc(N2C(=O)C(=O)/C(=C(/O)c3ccccc3)C2c2ccccc2F)nc1C. The van der Waals surface area contributed by atoms with E-state index in [-0.39, 0.29) is 33.4 Å². The minimum atomic E-state index is -1.29. The lowest BCUT2D eigenvalue weighted by molar-refractivity contribution is -0.132. The smallest absolute Gasteiger partial charge is 0.350 e. The molecule has 1 aromatic heterocycles. The molecule has 1 atom stereocenters. The zero-order chi connectivity index (χ0) is 24.4. The first-order valence-electron chi connectivity index (χ1n) is 10.2. The van der Waals surface area contributed by atoms with Crippen molar-refractivity contribution in [2.24, 2.45) is 0 Å². The molecule has 0 aliphatic carbocycles. The molecular weight excluding hydrogens is 459 g/mol. The standard InChI is InChI=1S/C25H19FN2O5S/c1-3-13-33-24(32)22-14(2)27-25(34-22)28-19(16-11-7-8-12-17(16)26)18(21(30)23(28)31)20(29)15-9-5-4-6-10-15/h3-12,19,29H,1,13H2,2H3/b20-18+. The van der Waals surface area contributed by atoms with Gasteiger partial charge in [-0.2, -0.15) is 0 Å². The van der Waals surface area contributed by atoms with E-state index in [1.165, 1.54) is 24.3 Å². The lowest BCUT2D eigenvalue weighted by Gasteiger charge is -2.23. The van der Waals surface area contributed by atoms with Crippen LogP contribution in [0.4, 0.5) is 9.52 Å². The van der Waals surface area contributed by atoms with E-state index < -0.39 is 35.3 Å². The summed E-state index contributed by atoms with van der Waals surface area (Å²) in [6.45, 7) is 5.04. The summed E-state index contributed by atoms with van der Waals surface area (Å²) in [4.78, 5) is 44.1. The summed E-state index contributed by atoms with van der Waals surface area (Å²) in [5.41, 5.74) is 0.310. The molecule has 1 fully saturated rings. The number of carbonyl (C=O) groups excluding carboxylic acids is 3. The number of ether oxygens (including phenoxy) is 1. The van der Waals surface area contributed by atoms with Gasteiger partial charge in [0.2, 0.25) is 0 Å². The van der Waals surface area contributed by atoms with E-state index in [1.54, 1.807) is 43.3 Å². The lowest BCUT2D eigenvalue weighted by atomic mass is 9.95. The number of esters is 1. The van der Waals surface area contributed by atoms with Crippen molar-refractivity contribution in [2.45, 2.75) is 13.0 Å². The highest BCUT2D eigenvalue weighted by molar-refractivity contribution is 7.17. The zero-order valence-electron chi connectivity index (χ0n) is 18.0. The molecule has 1 saturated heterocycles. The number of anilines is 1. The van der Waals surface area contributed by atoms with Gasteiger partial charge in [0.1, 0.15) is 29.1 Å². The van der Waals surface area contributed by atoms with Crippen LogP contribution in [0, 0.1) is 12.7 Å². The number of hydrogen-bond acceptors (Lipinski definition) is 7. The fourth-order valence-corrected chi connectivity index (χ4v) is 4.63. The van der Waals surface area contributed by atoms with Gasteiger partial charge in [0.15, 0.2) is 5.13 Å². The molecule has 0 radical (unpaired) electrons. The van der Waals surface area contributed by atoms with Crippen LogP contribution in [0.2, 0.25) is 0 Å². The molecular formula is C25H19FN2O5S. The van der Waals surface area contributed by atoms with Crippen molar-refractivity contribution in [3.63, 3.8) is 0 Å². The van der Waals surface area contributed by atoms with E-state index in [2.05, 4.69) is 11.6 Å². The lowest BCUT2D eigenvalue weighted by Crippen LogP contribution is -2.29. The number of aromatic nitrogens is 1. The minimum absolute atomic E-state index is 0.00261. The predicted octanol–water partition coefficient (Wildman–Crippen LogP) is 4.56. The van der Waals surface area contributed by atoms with E-state index in [0.29, 0.717) is 5.56 Å². The first-order valence-corrected chi connectivity index (χ1v) is 11.0. The van der Waals surface area contributed by atoms with Crippen molar-refractivity contribution >= 4 is 39.9 Å². The molecule has 4 rings (SSSR count). The maximum atomic E-state index is 14.9. The molecule has 1 unspecified atom stereocenters. The molecule has 0 bridgehead atoms. The van der Waals surface area contributed by atoms with Crippen LogP contribution in [0.1, 0.15) is 32.5 Å². The van der Waals surface area contributed by atoms with Gasteiger partial charge in [0.05, 0.1) is 11.3 Å². The van der Waals surface area contributed by atoms with Crippen LogP contribution in [0.15, 0.2) is 72.8 Å². The van der Waals surface area contributed by atoms with Gasteiger partial charge in [-0.15, -0.1) is 0 Å². The number of aliphatic hydroxyl groups is 1. The monoisotopic (exact) mass is 478 g/mol. The number of Topliss-reactive ketones (excluding diaryl/α,β-unsaturated/α-hetero) is 1. The zero-order valence-corrected chi connectivity index (χ0v) is 18.8. The van der Waals surface area contributed by atoms with Crippen LogP contribution in [-0.2, 0) is 14.3 Å². The highest BCUT2D eigenvalue weighted by atomic mass is 32.1. The summed E-state index contributed by atoms with van der Waals surface area (Å²) < 4.78 is 20.0. The number of thiazole rings is 1. The molecule has 172 valence electrons. The normalized spacial score (nSPS) is 17.1. The van der Waals surface area contributed by atoms with Gasteiger partial charge in [-0.3, -0.25) is 14.5 Å². The number of carbonyl (C=O) groups is 3. The molecule has 2 aromatic carbocycles. The second kappa shape index (κ2) is 9.40. The Kier molecular flexibility index (Phi) is 6.38. The number of aliphatic hydroxyl groups excluding tert-OH is 1. The Labute approximate surface area is 198 Å². The highest BCUT2D eigenvalue weighted by Crippen LogP contribution is 2.44. The maximum absolute atomic E-state index is 14.9. The van der Waals surface area contributed by atoms with Gasteiger partial charge >= 0.3 is 11.9 Å². The molecule has 0 saturated carbocycles. The minimum Gasteiger partial charge on any atom is -0.507 e. The molecule has 1 aliphatic rings. The summed E-state index contributed by atoms with van der Waals surface area (Å²) in [7, 11) is 0. The maximum Gasteiger partial charge on any atom is 0.350 e. The number of hydrogen-bond donors (Lipinski definition) is 1. The number of halogens is 1. The first kappa shape index (κ1) is 23.1. The van der Waals surface area contributed by atoms with Crippen molar-refractivity contribution in [3.8, 4) is 0 Å². The molecule has 1 aliphatic heterocycles. The second-order valence-electron chi connectivity index (χ2n) is 7.35. The van der Waals surface area contributed by atoms with Crippen molar-refractivity contribution in [1.29, 1.82) is 0 Å². The van der Waals surface area contributed by atoms with Crippen LogP contribution < -0.4 is 4.90 Å². The van der Waals surface area contributed by atoms with Gasteiger partial charge < -0.3 is 9.84 Å². The summed E-state index contributed by atoms with van der Waals surface area (Å²) in [5.74, 6) is -3.75. The van der Waals surface area contributed by atoms with E-state index in [4.69, 9.17) is 4.74 Å². The van der Waals surface area contributed by atoms with Crippen molar-refractivity contribution in [1.82, 2.24) is 4.98 Å². The molecule has 3 aromatic rings. The Morgan fingerprint density at radius 1 is 1.21 bits per heavy atom. The third kappa shape index (κ3) is 4.01. The number of ketones is 1. The van der Waals surface area contributed by atoms with Gasteiger partial charge in [-0.1, -0.05) is 72.5 Å². The van der Waals surface area contributed by atoms with E-state index >= 15 is 0 Å². The Morgan fingerprint density at radius 2 is 1.88 bits per heavy atom. The third-order valence-corrected chi connectivity index (χ3v) is 6.34. The summed E-state index contributed by atoms with van der Waals surface area (Å²) in [6.07, 6.45) is 1.41. The fourth-order valence-electron chi connectivity index (χ4n) is 3.65. The average Bonchev–Trinajstić information content (AvgIpc) is 3.34. The van der Waals surface area contributed by atoms with E-state index in [0.717, 1.165) is 16.2 Å². The molecule has 7 nitrogen and oxygen atoms in total. The number of aryl methyl sites for hydroxylation is 1. The molecule has 1 N–H and O–H groups in total. The van der Waals surface area contributed by atoms with Crippen molar-refractivity contribution in [3.05, 3.63) is 100 Å². The number of amides is 1. The summed E-state index contributed by atoms with van der Waals surface area (Å²) in [6, 6.07) is 12.6. The average molecular weight is 479 g/mol. The molecule has 34 heavy (non-hydrogen) atoms. The van der Waals surface area contributed by atoms with Crippen LogP contribution in [0.5, 0.6) is 0 Å². The quantitative estimate of drug-likeness (QED) is 0.183. The number of benzene rings is 2. The number of nitrogens with zero attached hydrogens (tertiary/aromatic N) is 2. The van der Waals surface area contributed by atoms with Gasteiger partial charge in [-0.25, -0.2) is 14.2 Å². The molecule has 1 amide bonds. The van der Waals surface area contributed by atoms with Gasteiger partial charge in [0.25, 0.3) is 5.78 Å². The topological polar surface area (TPSA) is 96.8 Å². The van der Waals surface area contributed by atoms with Crippen LogP contribution in [-0.4, -0.2) is 34.4 Å². The highest BCUT2D eigenvalue weighted by Gasteiger charge is 2.49. The first-order chi connectivity index (χ1) is 16.3. The van der Waals surface area contributed by atoms with E-state index in [9.17, 15) is 23.9 Å². The van der Waals surface area contributed by atoms with Crippen molar-refractivity contribution in [2.75, 3.05) is 11.5 Å². The van der Waals surface area contributed by atoms with Crippen LogP contribution in [0.3, 0.4) is 0 Å². The summed E-state index contributed by atoms with van der Waals surface area (Å²) in [5, 5.41) is 11.0. The van der Waals surface area contributed by atoms with E-state index in [1.807, 2.05) is 0 Å².